The van der Waals surface area contributed by atoms with Gasteiger partial charge in [0.2, 0.25) is 0 Å². The molecule has 2 heterocycles. The molecule has 2 aliphatic heterocycles. The molecule has 3 rings (SSSR count). The molecule has 2 fully saturated rings. The second kappa shape index (κ2) is 7.87. The summed E-state index contributed by atoms with van der Waals surface area (Å²) in [5, 5.41) is 0. The Bertz CT molecular complexity index is 614. The lowest BCUT2D eigenvalue weighted by atomic mass is 9.88. The number of piperidine rings is 1. The van der Waals surface area contributed by atoms with Gasteiger partial charge in [-0.3, -0.25) is 0 Å². The minimum atomic E-state index is -0.480. The Morgan fingerprint density at radius 1 is 1.35 bits per heavy atom. The fourth-order valence-corrected chi connectivity index (χ4v) is 3.40. The van der Waals surface area contributed by atoms with E-state index in [-0.39, 0.29) is 12.2 Å². The van der Waals surface area contributed by atoms with E-state index in [1.165, 1.54) is 5.57 Å². The molecule has 1 amide bonds. The number of hydrogen-bond donors (Lipinski definition) is 0. The van der Waals surface area contributed by atoms with Crippen LogP contribution in [0.5, 0.6) is 0 Å². The summed E-state index contributed by atoms with van der Waals surface area (Å²) in [6.45, 7) is 12.9. The van der Waals surface area contributed by atoms with Crippen molar-refractivity contribution in [3.05, 3.63) is 35.6 Å². The third kappa shape index (κ3) is 4.50. The molecule has 0 bridgehead atoms. The molecule has 0 N–H and O–H groups in total. The molecular weight excluding hydrogens is 330 g/mol. The van der Waals surface area contributed by atoms with Gasteiger partial charge in [0.25, 0.3) is 0 Å². The van der Waals surface area contributed by atoms with Gasteiger partial charge in [0.15, 0.2) is 0 Å². The van der Waals surface area contributed by atoms with Crippen LogP contribution in [-0.4, -0.2) is 48.5 Å². The molecule has 3 aliphatic rings. The van der Waals surface area contributed by atoms with Crippen LogP contribution in [-0.2, 0) is 14.2 Å². The summed E-state index contributed by atoms with van der Waals surface area (Å²) in [6.07, 6.45) is 8.80. The molecule has 0 saturated carbocycles. The van der Waals surface area contributed by atoms with Crippen LogP contribution in [0.1, 0.15) is 48.0 Å². The standard InChI is InChI=1S/C19H27NO4.C2H6/c1-18(2,3)24-17(21)20-10-8-14-13-7-6-9-19(4,22-5)11-15(13)23-16(14)12-20;1-2/h6-7,9,11,14,16H,8,10,12H2,1-5H3;1-2H3. The van der Waals surface area contributed by atoms with Crippen LogP contribution in [0.4, 0.5) is 4.79 Å². The van der Waals surface area contributed by atoms with Crippen molar-refractivity contribution in [3.8, 4) is 0 Å². The van der Waals surface area contributed by atoms with Crippen LogP contribution in [0, 0.1) is 5.92 Å². The SMILES string of the molecule is CC.COC1(C)C=CC=C2C(=C1)OC1CN(C(=O)OC(C)(C)C)CCC21. The Balaban J connectivity index is 0.00000117. The maximum absolute atomic E-state index is 12.3. The van der Waals surface area contributed by atoms with Crippen LogP contribution < -0.4 is 0 Å². The van der Waals surface area contributed by atoms with Crippen molar-refractivity contribution in [1.29, 1.82) is 0 Å². The number of likely N-dealkylation sites (tertiary alicyclic amines) is 1. The molecule has 26 heavy (non-hydrogen) atoms. The Hall–Kier alpha value is -1.75. The first-order valence-corrected chi connectivity index (χ1v) is 9.53. The average Bonchev–Trinajstić information content (AvgIpc) is 2.82. The molecule has 1 aliphatic carbocycles. The molecule has 0 radical (unpaired) electrons. The van der Waals surface area contributed by atoms with E-state index in [2.05, 4.69) is 6.08 Å². The minimum Gasteiger partial charge on any atom is -0.488 e. The van der Waals surface area contributed by atoms with Crippen LogP contribution in [0.15, 0.2) is 35.6 Å². The normalized spacial score (nSPS) is 29.9. The van der Waals surface area contributed by atoms with E-state index in [0.29, 0.717) is 19.0 Å². The second-order valence-corrected chi connectivity index (χ2v) is 7.86. The van der Waals surface area contributed by atoms with Crippen molar-refractivity contribution in [2.75, 3.05) is 20.2 Å². The predicted molar refractivity (Wildman–Crippen MR) is 103 cm³/mol. The monoisotopic (exact) mass is 363 g/mol. The number of amides is 1. The third-order valence-corrected chi connectivity index (χ3v) is 4.73. The van der Waals surface area contributed by atoms with Crippen molar-refractivity contribution in [2.24, 2.45) is 5.92 Å². The number of carbonyl (C=O) groups is 1. The van der Waals surface area contributed by atoms with Gasteiger partial charge < -0.3 is 19.1 Å². The fraction of sp³-hybridized carbons (Fsp3) is 0.667. The zero-order valence-corrected chi connectivity index (χ0v) is 17.2. The van der Waals surface area contributed by atoms with Crippen LogP contribution in [0.2, 0.25) is 0 Å². The largest absolute Gasteiger partial charge is 0.488 e. The lowest BCUT2D eigenvalue weighted by Gasteiger charge is -2.34. The van der Waals surface area contributed by atoms with Gasteiger partial charge in [0.1, 0.15) is 23.1 Å². The molecule has 2 saturated heterocycles. The van der Waals surface area contributed by atoms with Crippen molar-refractivity contribution >= 4 is 6.09 Å². The van der Waals surface area contributed by atoms with E-state index in [0.717, 1.165) is 12.2 Å². The number of hydrogen-bond acceptors (Lipinski definition) is 4. The average molecular weight is 363 g/mol. The molecule has 3 unspecified atom stereocenters. The molecule has 146 valence electrons. The summed E-state index contributed by atoms with van der Waals surface area (Å²) < 4.78 is 17.2. The summed E-state index contributed by atoms with van der Waals surface area (Å²) >= 11 is 0. The third-order valence-electron chi connectivity index (χ3n) is 4.73. The van der Waals surface area contributed by atoms with Crippen LogP contribution >= 0.6 is 0 Å². The predicted octanol–water partition coefficient (Wildman–Crippen LogP) is 4.45. The molecule has 0 aromatic heterocycles. The van der Waals surface area contributed by atoms with Gasteiger partial charge in [-0.1, -0.05) is 26.0 Å². The Labute approximate surface area is 157 Å². The fourth-order valence-electron chi connectivity index (χ4n) is 3.40. The lowest BCUT2D eigenvalue weighted by molar-refractivity contribution is -0.00257. The first-order chi connectivity index (χ1) is 12.2. The van der Waals surface area contributed by atoms with Gasteiger partial charge in [0, 0.05) is 25.1 Å². The number of allylic oxidation sites excluding steroid dienone is 3. The number of rotatable bonds is 1. The molecule has 5 nitrogen and oxygen atoms in total. The highest BCUT2D eigenvalue weighted by atomic mass is 16.6. The maximum atomic E-state index is 12.3. The highest BCUT2D eigenvalue weighted by Crippen LogP contribution is 2.42. The van der Waals surface area contributed by atoms with Gasteiger partial charge in [-0.25, -0.2) is 4.79 Å². The Kier molecular flexibility index (Phi) is 6.22. The summed E-state index contributed by atoms with van der Waals surface area (Å²) in [5.74, 6) is 1.20. The number of nitrogens with zero attached hydrogens (tertiary/aromatic N) is 1. The van der Waals surface area contributed by atoms with Gasteiger partial charge in [0.05, 0.1) is 6.54 Å². The highest BCUT2D eigenvalue weighted by molar-refractivity contribution is 5.68. The summed E-state index contributed by atoms with van der Waals surface area (Å²) in [6, 6.07) is 0. The quantitative estimate of drug-likeness (QED) is 0.690. The second-order valence-electron chi connectivity index (χ2n) is 7.86. The number of carbonyl (C=O) groups excluding carboxylic acids is 1. The summed E-state index contributed by atoms with van der Waals surface area (Å²) in [4.78, 5) is 14.1. The molecule has 0 aromatic rings. The van der Waals surface area contributed by atoms with Gasteiger partial charge in [-0.05, 0) is 46.3 Å². The zero-order chi connectivity index (χ0) is 19.5. The van der Waals surface area contributed by atoms with Gasteiger partial charge in [-0.15, -0.1) is 0 Å². The van der Waals surface area contributed by atoms with Gasteiger partial charge >= 0.3 is 6.09 Å². The Morgan fingerprint density at radius 3 is 2.65 bits per heavy atom. The van der Waals surface area contributed by atoms with Crippen molar-refractivity contribution < 1.29 is 19.0 Å². The Morgan fingerprint density at radius 2 is 2.04 bits per heavy atom. The highest BCUT2D eigenvalue weighted by Gasteiger charge is 2.43. The van der Waals surface area contributed by atoms with E-state index in [4.69, 9.17) is 14.2 Å². The first kappa shape index (κ1) is 20.6. The lowest BCUT2D eigenvalue weighted by Crippen LogP contribution is -2.47. The van der Waals surface area contributed by atoms with Crippen LogP contribution in [0.3, 0.4) is 0 Å². The van der Waals surface area contributed by atoms with Crippen molar-refractivity contribution in [1.82, 2.24) is 4.90 Å². The smallest absolute Gasteiger partial charge is 0.410 e. The van der Waals surface area contributed by atoms with Crippen molar-refractivity contribution in [2.45, 2.75) is 65.3 Å². The first-order valence-electron chi connectivity index (χ1n) is 9.53. The van der Waals surface area contributed by atoms with Gasteiger partial charge in [-0.2, -0.15) is 0 Å². The van der Waals surface area contributed by atoms with Crippen molar-refractivity contribution in [3.63, 3.8) is 0 Å². The van der Waals surface area contributed by atoms with E-state index >= 15 is 0 Å². The number of ether oxygens (including phenoxy) is 3. The van der Waals surface area contributed by atoms with E-state index < -0.39 is 11.2 Å². The van der Waals surface area contributed by atoms with E-state index in [1.807, 2.05) is 59.8 Å². The molecule has 5 heteroatoms. The summed E-state index contributed by atoms with van der Waals surface area (Å²) in [5.41, 5.74) is 0.263. The zero-order valence-electron chi connectivity index (χ0n) is 17.2. The van der Waals surface area contributed by atoms with E-state index in [9.17, 15) is 4.79 Å². The topological polar surface area (TPSA) is 48.0 Å². The maximum Gasteiger partial charge on any atom is 0.410 e. The number of methoxy groups -OCH3 is 1. The number of fused-ring (bicyclic) bond motifs is 3. The summed E-state index contributed by atoms with van der Waals surface area (Å²) in [7, 11) is 1.69. The molecule has 3 atom stereocenters. The minimum absolute atomic E-state index is 0.0172. The molecular formula is C21H33NO4. The molecule has 0 spiro atoms. The van der Waals surface area contributed by atoms with Crippen LogP contribution in [0.25, 0.3) is 0 Å². The van der Waals surface area contributed by atoms with E-state index in [1.54, 1.807) is 12.0 Å². The molecule has 0 aromatic carbocycles.